The van der Waals surface area contributed by atoms with Crippen molar-refractivity contribution in [2.45, 2.75) is 26.1 Å². The average Bonchev–Trinajstić information content (AvgIpc) is 2.69. The number of aromatic nitrogens is 1. The number of halogens is 1. The smallest absolute Gasteiger partial charge is 0.167 e. The molecule has 0 aliphatic carbocycles. The number of aryl methyl sites for hydroxylation is 1. The van der Waals surface area contributed by atoms with E-state index in [9.17, 15) is 0 Å². The summed E-state index contributed by atoms with van der Waals surface area (Å²) in [5.41, 5.74) is 1.14. The first-order valence-electron chi connectivity index (χ1n) is 5.73. The number of rotatable bonds is 4. The Morgan fingerprint density at radius 3 is 2.82 bits per heavy atom. The van der Waals surface area contributed by atoms with Gasteiger partial charge < -0.3 is 14.8 Å². The molecule has 94 valence electrons. The van der Waals surface area contributed by atoms with E-state index in [0.717, 1.165) is 28.8 Å². The van der Waals surface area contributed by atoms with Gasteiger partial charge in [0, 0.05) is 19.2 Å². The number of anilines is 1. The molecule has 1 saturated heterocycles. The van der Waals surface area contributed by atoms with Crippen LogP contribution < -0.4 is 5.32 Å². The molecule has 0 amide bonds. The van der Waals surface area contributed by atoms with Crippen LogP contribution in [0.25, 0.3) is 0 Å². The molecule has 0 radical (unpaired) electrons. The van der Waals surface area contributed by atoms with E-state index in [2.05, 4.69) is 26.2 Å². The second-order valence-electron chi connectivity index (χ2n) is 4.35. The number of hydrogen-bond acceptors (Lipinski definition) is 4. The predicted octanol–water partition coefficient (Wildman–Crippen LogP) is 2.72. The molecule has 0 atom stereocenters. The lowest BCUT2D eigenvalue weighted by Gasteiger charge is -2.22. The van der Waals surface area contributed by atoms with E-state index in [1.165, 1.54) is 0 Å². The molecule has 2 rings (SSSR count). The summed E-state index contributed by atoms with van der Waals surface area (Å²) in [7, 11) is 0. The third kappa shape index (κ3) is 3.40. The van der Waals surface area contributed by atoms with Crippen LogP contribution in [0.3, 0.4) is 0 Å². The van der Waals surface area contributed by atoms with E-state index in [4.69, 9.17) is 9.47 Å². The Labute approximate surface area is 110 Å². The Balaban J connectivity index is 1.85. The van der Waals surface area contributed by atoms with Crippen molar-refractivity contribution < 1.29 is 9.47 Å². The SMILES string of the molecule is Cc1cnc(NCCC2(C)OCCO2)c(Br)c1. The zero-order valence-electron chi connectivity index (χ0n) is 10.1. The molecular weight excluding hydrogens is 284 g/mol. The fraction of sp³-hybridized carbons (Fsp3) is 0.583. The number of nitrogens with one attached hydrogen (secondary N) is 1. The Bertz CT molecular complexity index is 392. The normalized spacial score (nSPS) is 18.3. The Kier molecular flexibility index (Phi) is 4.01. The van der Waals surface area contributed by atoms with Crippen LogP contribution in [0, 0.1) is 6.92 Å². The highest BCUT2D eigenvalue weighted by molar-refractivity contribution is 9.10. The van der Waals surface area contributed by atoms with Gasteiger partial charge in [-0.1, -0.05) is 0 Å². The molecule has 1 aromatic rings. The molecule has 0 spiro atoms. The number of ether oxygens (including phenoxy) is 2. The number of pyridine rings is 1. The maximum absolute atomic E-state index is 5.53. The maximum Gasteiger partial charge on any atom is 0.167 e. The van der Waals surface area contributed by atoms with Gasteiger partial charge in [0.2, 0.25) is 0 Å². The zero-order chi connectivity index (χ0) is 12.3. The molecular formula is C12H17BrN2O2. The molecule has 0 saturated carbocycles. The molecule has 0 bridgehead atoms. The Hall–Kier alpha value is -0.650. The van der Waals surface area contributed by atoms with Crippen LogP contribution in [-0.2, 0) is 9.47 Å². The number of nitrogens with zero attached hydrogens (tertiary/aromatic N) is 1. The summed E-state index contributed by atoms with van der Waals surface area (Å²) in [5.74, 6) is 0.418. The molecule has 1 aromatic heterocycles. The highest BCUT2D eigenvalue weighted by Gasteiger charge is 2.30. The fourth-order valence-corrected chi connectivity index (χ4v) is 2.38. The summed E-state index contributed by atoms with van der Waals surface area (Å²) in [5, 5.41) is 3.27. The van der Waals surface area contributed by atoms with Crippen molar-refractivity contribution in [3.8, 4) is 0 Å². The fourth-order valence-electron chi connectivity index (χ4n) is 1.77. The van der Waals surface area contributed by atoms with Gasteiger partial charge in [0.1, 0.15) is 5.82 Å². The summed E-state index contributed by atoms with van der Waals surface area (Å²) >= 11 is 3.49. The molecule has 4 nitrogen and oxygen atoms in total. The molecule has 1 aliphatic heterocycles. The van der Waals surface area contributed by atoms with E-state index in [0.29, 0.717) is 13.2 Å². The van der Waals surface area contributed by atoms with E-state index >= 15 is 0 Å². The van der Waals surface area contributed by atoms with Crippen molar-refractivity contribution in [1.82, 2.24) is 4.98 Å². The minimum absolute atomic E-state index is 0.440. The Morgan fingerprint density at radius 2 is 2.18 bits per heavy atom. The maximum atomic E-state index is 5.53. The van der Waals surface area contributed by atoms with Crippen molar-refractivity contribution >= 4 is 21.7 Å². The molecule has 1 aliphatic rings. The van der Waals surface area contributed by atoms with Gasteiger partial charge in [-0.05, 0) is 41.4 Å². The monoisotopic (exact) mass is 300 g/mol. The standard InChI is InChI=1S/C12H17BrN2O2/c1-9-7-10(13)11(15-8-9)14-4-3-12(2)16-5-6-17-12/h7-8H,3-6H2,1-2H3,(H,14,15). The topological polar surface area (TPSA) is 43.4 Å². The van der Waals surface area contributed by atoms with Crippen molar-refractivity contribution in [3.05, 3.63) is 22.3 Å². The van der Waals surface area contributed by atoms with Crippen LogP contribution in [0.4, 0.5) is 5.82 Å². The van der Waals surface area contributed by atoms with Crippen molar-refractivity contribution in [1.29, 1.82) is 0 Å². The largest absolute Gasteiger partial charge is 0.369 e. The van der Waals surface area contributed by atoms with Gasteiger partial charge in [-0.3, -0.25) is 0 Å². The van der Waals surface area contributed by atoms with Crippen LogP contribution >= 0.6 is 15.9 Å². The van der Waals surface area contributed by atoms with Crippen LogP contribution in [-0.4, -0.2) is 30.5 Å². The molecule has 0 aromatic carbocycles. The van der Waals surface area contributed by atoms with Gasteiger partial charge in [-0.2, -0.15) is 0 Å². The third-order valence-corrected chi connectivity index (χ3v) is 3.35. The summed E-state index contributed by atoms with van der Waals surface area (Å²) in [6, 6.07) is 2.04. The van der Waals surface area contributed by atoms with E-state index < -0.39 is 5.79 Å². The van der Waals surface area contributed by atoms with Gasteiger partial charge >= 0.3 is 0 Å². The molecule has 2 heterocycles. The van der Waals surface area contributed by atoms with Gasteiger partial charge in [-0.25, -0.2) is 4.98 Å². The zero-order valence-corrected chi connectivity index (χ0v) is 11.7. The van der Waals surface area contributed by atoms with Crippen molar-refractivity contribution in [2.24, 2.45) is 0 Å². The summed E-state index contributed by atoms with van der Waals surface area (Å²) in [6.45, 7) is 6.12. The second-order valence-corrected chi connectivity index (χ2v) is 5.20. The van der Waals surface area contributed by atoms with Gasteiger partial charge in [0.25, 0.3) is 0 Å². The van der Waals surface area contributed by atoms with Crippen LogP contribution in [0.5, 0.6) is 0 Å². The minimum Gasteiger partial charge on any atom is -0.369 e. The first-order valence-corrected chi connectivity index (χ1v) is 6.52. The molecule has 0 unspecified atom stereocenters. The summed E-state index contributed by atoms with van der Waals surface area (Å²) in [6.07, 6.45) is 2.65. The lowest BCUT2D eigenvalue weighted by molar-refractivity contribution is -0.144. The average molecular weight is 301 g/mol. The first kappa shape index (κ1) is 12.8. The lowest BCUT2D eigenvalue weighted by Crippen LogP contribution is -2.28. The van der Waals surface area contributed by atoms with Gasteiger partial charge in [-0.15, -0.1) is 0 Å². The van der Waals surface area contributed by atoms with E-state index in [1.54, 1.807) is 0 Å². The van der Waals surface area contributed by atoms with E-state index in [1.807, 2.05) is 26.1 Å². The van der Waals surface area contributed by atoms with Crippen LogP contribution in [0.1, 0.15) is 18.9 Å². The highest BCUT2D eigenvalue weighted by atomic mass is 79.9. The molecule has 1 fully saturated rings. The first-order chi connectivity index (χ1) is 8.09. The molecule has 17 heavy (non-hydrogen) atoms. The number of hydrogen-bond donors (Lipinski definition) is 1. The molecule has 1 N–H and O–H groups in total. The molecule has 5 heteroatoms. The van der Waals surface area contributed by atoms with Crippen LogP contribution in [0.15, 0.2) is 16.7 Å². The lowest BCUT2D eigenvalue weighted by atomic mass is 10.2. The van der Waals surface area contributed by atoms with Crippen molar-refractivity contribution in [3.63, 3.8) is 0 Å². The second kappa shape index (κ2) is 5.33. The summed E-state index contributed by atoms with van der Waals surface area (Å²) < 4.78 is 12.0. The predicted molar refractivity (Wildman–Crippen MR) is 70.1 cm³/mol. The minimum atomic E-state index is -0.440. The summed E-state index contributed by atoms with van der Waals surface area (Å²) in [4.78, 5) is 4.33. The van der Waals surface area contributed by atoms with Gasteiger partial charge in [0.15, 0.2) is 5.79 Å². The highest BCUT2D eigenvalue weighted by Crippen LogP contribution is 2.24. The van der Waals surface area contributed by atoms with Crippen LogP contribution in [0.2, 0.25) is 0 Å². The van der Waals surface area contributed by atoms with Crippen molar-refractivity contribution in [2.75, 3.05) is 25.1 Å². The van der Waals surface area contributed by atoms with Gasteiger partial charge in [0.05, 0.1) is 17.7 Å². The van der Waals surface area contributed by atoms with E-state index in [-0.39, 0.29) is 0 Å². The third-order valence-electron chi connectivity index (χ3n) is 2.75. The Morgan fingerprint density at radius 1 is 1.47 bits per heavy atom. The quantitative estimate of drug-likeness (QED) is 0.928.